The van der Waals surface area contributed by atoms with E-state index in [-0.39, 0.29) is 0 Å². The topological polar surface area (TPSA) is 17.1 Å². The van der Waals surface area contributed by atoms with Crippen LogP contribution < -0.4 is 0 Å². The van der Waals surface area contributed by atoms with Crippen LogP contribution in [0.15, 0.2) is 0 Å². The van der Waals surface area contributed by atoms with E-state index < -0.39 is 5.01 Å². The van der Waals surface area contributed by atoms with Crippen LogP contribution in [0, 0.1) is 0 Å². The van der Waals surface area contributed by atoms with Crippen LogP contribution in [-0.2, 0) is 0 Å². The van der Waals surface area contributed by atoms with Crippen LogP contribution in [0.5, 0.6) is 0 Å². The number of carbonyl (C=O) groups is 1. The monoisotopic (exact) mass is 72.0 g/mol. The smallest absolute Gasteiger partial charge is 0.184 e. The molecule has 20 valence electrons. The Balaban J connectivity index is 2.80. The molecular formula is CHBOS. The Kier molecular flexibility index (Phi) is 1.44. The van der Waals surface area contributed by atoms with E-state index in [1.807, 2.05) is 0 Å². The molecule has 0 N–H and O–H groups in total. The van der Waals surface area contributed by atoms with Crippen LogP contribution in [0.3, 0.4) is 0 Å². The van der Waals surface area contributed by atoms with Gasteiger partial charge in [-0.25, -0.2) is 0 Å². The fraction of sp³-hybridized carbons (Fsp3) is 0. The standard InChI is InChI=1S/CHBOS/c2-1(3)4/h(H,3,4). The summed E-state index contributed by atoms with van der Waals surface area (Å²) in [6, 6.07) is 0. The van der Waals surface area contributed by atoms with Gasteiger partial charge < -0.3 is 4.79 Å². The average molecular weight is 71.9 g/mol. The Morgan fingerprint density at radius 3 is 2.00 bits per heavy atom. The molecule has 0 bridgehead atoms. The molecule has 0 aliphatic heterocycles. The molecule has 0 spiro atoms. The Labute approximate surface area is 31.2 Å². The van der Waals surface area contributed by atoms with E-state index in [0.29, 0.717) is 0 Å². The van der Waals surface area contributed by atoms with E-state index in [1.165, 1.54) is 0 Å². The second-order valence-electron chi connectivity index (χ2n) is 0.338. The molecule has 0 aromatic heterocycles. The normalized spacial score (nSPS) is 6.25. The van der Waals surface area contributed by atoms with Crippen molar-refractivity contribution in [2.24, 2.45) is 0 Å². The molecule has 0 saturated carbocycles. The van der Waals surface area contributed by atoms with Gasteiger partial charge in [0.2, 0.25) is 0 Å². The van der Waals surface area contributed by atoms with Gasteiger partial charge in [-0.1, -0.05) is 0 Å². The van der Waals surface area contributed by atoms with E-state index in [4.69, 9.17) is 4.79 Å². The van der Waals surface area contributed by atoms with E-state index in [9.17, 15) is 0 Å². The second-order valence-corrected chi connectivity index (χ2v) is 0.779. The van der Waals surface area contributed by atoms with Gasteiger partial charge in [0, 0.05) is 0 Å². The zero-order chi connectivity index (χ0) is 3.58. The zero-order valence-electron chi connectivity index (χ0n) is 1.93. The molecule has 2 radical (unpaired) electrons. The summed E-state index contributed by atoms with van der Waals surface area (Å²) in [4.78, 5) is 9.09. The minimum Gasteiger partial charge on any atom is -0.301 e. The maximum atomic E-state index is 9.09. The highest BCUT2D eigenvalue weighted by Crippen LogP contribution is 1.65. The van der Waals surface area contributed by atoms with Crippen molar-refractivity contribution in [3.05, 3.63) is 0 Å². The van der Waals surface area contributed by atoms with Gasteiger partial charge in [-0.05, 0) is 0 Å². The SMILES string of the molecule is [B]C(=O)S. The highest BCUT2D eigenvalue weighted by Gasteiger charge is 1.64. The highest BCUT2D eigenvalue weighted by atomic mass is 32.1. The first kappa shape index (κ1) is 4.08. The lowest BCUT2D eigenvalue weighted by Gasteiger charge is -1.55. The Hall–Kier alpha value is 0.0849. The molecule has 0 aliphatic carbocycles. The average Bonchev–Trinajstić information content (AvgIpc) is 0.811. The first-order chi connectivity index (χ1) is 1.73. The minimum absolute atomic E-state index is 0.639. The van der Waals surface area contributed by atoms with Crippen LogP contribution in [-0.4, -0.2) is 12.9 Å². The van der Waals surface area contributed by atoms with E-state index in [0.717, 1.165) is 0 Å². The third-order valence-electron chi connectivity index (χ3n) is 0. The summed E-state index contributed by atoms with van der Waals surface area (Å²) < 4.78 is 0. The van der Waals surface area contributed by atoms with Crippen molar-refractivity contribution in [1.29, 1.82) is 0 Å². The van der Waals surface area contributed by atoms with Gasteiger partial charge in [-0.3, -0.25) is 0 Å². The lowest BCUT2D eigenvalue weighted by Crippen LogP contribution is -1.69. The number of carbonyl (C=O) groups excluding carboxylic acids is 1. The van der Waals surface area contributed by atoms with Crippen molar-refractivity contribution in [2.75, 3.05) is 0 Å². The second kappa shape index (κ2) is 1.41. The maximum absolute atomic E-state index is 9.09. The number of hydrogen-bond acceptors (Lipinski definition) is 1. The largest absolute Gasteiger partial charge is 0.301 e. The highest BCUT2D eigenvalue weighted by molar-refractivity contribution is 8.00. The molecule has 0 aliphatic rings. The molecule has 0 fully saturated rings. The molecule has 0 heterocycles. The summed E-state index contributed by atoms with van der Waals surface area (Å²) in [6.45, 7) is 0. The molecular weight excluding hydrogens is 70.9 g/mol. The first-order valence-electron chi connectivity index (χ1n) is 0.716. The molecule has 0 aromatic rings. The summed E-state index contributed by atoms with van der Waals surface area (Å²) in [6.07, 6.45) is 0. The minimum atomic E-state index is -0.639. The summed E-state index contributed by atoms with van der Waals surface area (Å²) in [5.74, 6) is 0. The summed E-state index contributed by atoms with van der Waals surface area (Å²) >= 11 is 3.10. The molecule has 0 atom stereocenters. The summed E-state index contributed by atoms with van der Waals surface area (Å²) in [5, 5.41) is -0.639. The van der Waals surface area contributed by atoms with Gasteiger partial charge in [-0.15, -0.1) is 12.6 Å². The summed E-state index contributed by atoms with van der Waals surface area (Å²) in [7, 11) is 4.34. The summed E-state index contributed by atoms with van der Waals surface area (Å²) in [5.41, 5.74) is 0. The van der Waals surface area contributed by atoms with Crippen LogP contribution in [0.25, 0.3) is 0 Å². The van der Waals surface area contributed by atoms with Crippen molar-refractivity contribution < 1.29 is 4.79 Å². The van der Waals surface area contributed by atoms with Crippen molar-refractivity contribution in [2.45, 2.75) is 0 Å². The number of hydrogen-bond donors (Lipinski definition) is 1. The van der Waals surface area contributed by atoms with E-state index in [1.54, 1.807) is 0 Å². The lowest BCUT2D eigenvalue weighted by atomic mass is 10.2. The number of thiol groups is 1. The molecule has 4 heavy (non-hydrogen) atoms. The molecule has 0 amide bonds. The Morgan fingerprint density at radius 2 is 2.00 bits per heavy atom. The van der Waals surface area contributed by atoms with Gasteiger partial charge in [0.25, 0.3) is 0 Å². The predicted molar refractivity (Wildman–Crippen MR) is 20.1 cm³/mol. The van der Waals surface area contributed by atoms with Gasteiger partial charge in [0.05, 0.1) is 0 Å². The third kappa shape index (κ3) is 340. The van der Waals surface area contributed by atoms with Gasteiger partial charge in [-0.2, -0.15) is 0 Å². The van der Waals surface area contributed by atoms with Crippen LogP contribution in [0.4, 0.5) is 4.79 Å². The fourth-order valence-electron chi connectivity index (χ4n) is 0. The van der Waals surface area contributed by atoms with Crippen molar-refractivity contribution in [1.82, 2.24) is 0 Å². The molecule has 1 nitrogen and oxygen atoms in total. The first-order valence-corrected chi connectivity index (χ1v) is 1.16. The Morgan fingerprint density at radius 1 is 2.00 bits per heavy atom. The molecule has 0 unspecified atom stereocenters. The molecule has 0 saturated heterocycles. The maximum Gasteiger partial charge on any atom is 0.184 e. The fourth-order valence-corrected chi connectivity index (χ4v) is 0. The zero-order valence-corrected chi connectivity index (χ0v) is 2.83. The van der Waals surface area contributed by atoms with E-state index >= 15 is 0 Å². The lowest BCUT2D eigenvalue weighted by molar-refractivity contribution is 0.276. The van der Waals surface area contributed by atoms with Crippen LogP contribution in [0.1, 0.15) is 0 Å². The molecule has 3 heteroatoms. The van der Waals surface area contributed by atoms with Gasteiger partial charge in [0.1, 0.15) is 5.01 Å². The van der Waals surface area contributed by atoms with Gasteiger partial charge in [0.15, 0.2) is 7.85 Å². The van der Waals surface area contributed by atoms with Gasteiger partial charge >= 0.3 is 0 Å². The van der Waals surface area contributed by atoms with Crippen molar-refractivity contribution >= 4 is 25.5 Å². The Bertz CT molecular complexity index is 31.0. The predicted octanol–water partition coefficient (Wildman–Crippen LogP) is 0.205. The van der Waals surface area contributed by atoms with Crippen LogP contribution in [0.2, 0.25) is 0 Å². The molecule has 0 aromatic carbocycles. The molecule has 0 rings (SSSR count). The van der Waals surface area contributed by atoms with Crippen LogP contribution >= 0.6 is 12.6 Å². The van der Waals surface area contributed by atoms with E-state index in [2.05, 4.69) is 20.5 Å². The third-order valence-corrected chi connectivity index (χ3v) is 0. The number of rotatable bonds is 0. The van der Waals surface area contributed by atoms with Crippen molar-refractivity contribution in [3.8, 4) is 0 Å². The quantitative estimate of drug-likeness (QED) is 0.319. The van der Waals surface area contributed by atoms with Crippen molar-refractivity contribution in [3.63, 3.8) is 0 Å².